The van der Waals surface area contributed by atoms with Crippen LogP contribution in [0.1, 0.15) is 12.8 Å². The summed E-state index contributed by atoms with van der Waals surface area (Å²) in [6.45, 7) is 2.57. The normalized spacial score (nSPS) is 10.9. The Morgan fingerprint density at radius 3 is 2.34 bits per heavy atom. The highest BCUT2D eigenvalue weighted by Crippen LogP contribution is 2.30. The summed E-state index contributed by atoms with van der Waals surface area (Å²) in [6, 6.07) is 19.2. The number of hydrogen-bond donors (Lipinski definition) is 0. The fourth-order valence-corrected chi connectivity index (χ4v) is 4.23. The number of nitrogens with zero attached hydrogens (tertiary/aromatic N) is 6. The molecule has 9 nitrogen and oxygen atoms in total. The summed E-state index contributed by atoms with van der Waals surface area (Å²) in [4.78, 5) is 8.64. The van der Waals surface area contributed by atoms with Crippen molar-refractivity contribution in [3.8, 4) is 40.0 Å². The van der Waals surface area contributed by atoms with Gasteiger partial charge in [0.05, 0.1) is 19.5 Å². The smallest absolute Gasteiger partial charge is 0.237 e. The number of ether oxygens (including phenoxy) is 2. The average Bonchev–Trinajstić information content (AvgIpc) is 3.56. The third kappa shape index (κ3) is 5.02. The monoisotopic (exact) mass is 486 g/mol. The van der Waals surface area contributed by atoms with Crippen molar-refractivity contribution in [3.63, 3.8) is 0 Å². The summed E-state index contributed by atoms with van der Waals surface area (Å²) in [7, 11) is 1.63. The minimum atomic E-state index is 0.439. The van der Waals surface area contributed by atoms with Gasteiger partial charge < -0.3 is 14.0 Å². The first-order valence-electron chi connectivity index (χ1n) is 10.9. The molecule has 0 saturated carbocycles. The largest absolute Gasteiger partial charge is 0.497 e. The number of hydrogen-bond acceptors (Lipinski definition) is 9. The van der Waals surface area contributed by atoms with Gasteiger partial charge in [0.1, 0.15) is 11.5 Å². The molecule has 35 heavy (non-hydrogen) atoms. The molecule has 5 aromatic rings. The average molecular weight is 487 g/mol. The molecule has 0 aliphatic rings. The highest BCUT2D eigenvalue weighted by molar-refractivity contribution is 7.98. The Hall–Kier alpha value is -4.18. The molecule has 0 saturated heterocycles. The fourth-order valence-electron chi connectivity index (χ4n) is 3.44. The lowest BCUT2D eigenvalue weighted by atomic mass is 10.2. The predicted octanol–water partition coefficient (Wildman–Crippen LogP) is 5.08. The number of methoxy groups -OCH3 is 1. The van der Waals surface area contributed by atoms with Gasteiger partial charge in [-0.25, -0.2) is 0 Å². The maximum Gasteiger partial charge on any atom is 0.237 e. The van der Waals surface area contributed by atoms with Crippen molar-refractivity contribution in [1.29, 1.82) is 0 Å². The van der Waals surface area contributed by atoms with Gasteiger partial charge in [-0.3, -0.25) is 9.55 Å². The van der Waals surface area contributed by atoms with Crippen molar-refractivity contribution in [2.24, 2.45) is 0 Å². The van der Waals surface area contributed by atoms with Crippen molar-refractivity contribution < 1.29 is 14.0 Å². The van der Waals surface area contributed by atoms with E-state index in [0.717, 1.165) is 28.3 Å². The summed E-state index contributed by atoms with van der Waals surface area (Å²) in [5.41, 5.74) is 2.67. The first kappa shape index (κ1) is 22.6. The van der Waals surface area contributed by atoms with E-state index in [2.05, 4.69) is 25.3 Å². The van der Waals surface area contributed by atoms with E-state index in [1.165, 1.54) is 11.8 Å². The minimum Gasteiger partial charge on any atom is -0.497 e. The van der Waals surface area contributed by atoms with Crippen LogP contribution in [0.4, 0.5) is 0 Å². The second-order valence-corrected chi connectivity index (χ2v) is 8.28. The van der Waals surface area contributed by atoms with Crippen LogP contribution in [0.15, 0.2) is 82.7 Å². The molecule has 0 aliphatic heterocycles. The zero-order valence-corrected chi connectivity index (χ0v) is 20.0. The van der Waals surface area contributed by atoms with E-state index >= 15 is 0 Å². The van der Waals surface area contributed by atoms with Gasteiger partial charge in [0, 0.05) is 29.2 Å². The third-order valence-corrected chi connectivity index (χ3v) is 6.03. The van der Waals surface area contributed by atoms with Crippen molar-refractivity contribution in [3.05, 3.63) is 78.9 Å². The van der Waals surface area contributed by atoms with Crippen LogP contribution in [-0.4, -0.2) is 43.6 Å². The summed E-state index contributed by atoms with van der Waals surface area (Å²) in [6.07, 6.45) is 3.47. The van der Waals surface area contributed by atoms with Gasteiger partial charge >= 0.3 is 0 Å². The maximum atomic E-state index is 5.59. The summed E-state index contributed by atoms with van der Waals surface area (Å²) >= 11 is 1.47. The molecule has 3 aromatic heterocycles. The van der Waals surface area contributed by atoms with Crippen molar-refractivity contribution in [1.82, 2.24) is 29.9 Å². The van der Waals surface area contributed by atoms with E-state index in [-0.39, 0.29) is 0 Å². The Morgan fingerprint density at radius 2 is 1.63 bits per heavy atom. The van der Waals surface area contributed by atoms with Crippen LogP contribution in [0.25, 0.3) is 28.5 Å². The lowest BCUT2D eigenvalue weighted by molar-refractivity contribution is 0.340. The first-order chi connectivity index (χ1) is 17.2. The van der Waals surface area contributed by atoms with E-state index in [1.54, 1.807) is 19.5 Å². The van der Waals surface area contributed by atoms with Gasteiger partial charge in [0.2, 0.25) is 11.7 Å². The van der Waals surface area contributed by atoms with Crippen LogP contribution in [0.2, 0.25) is 0 Å². The molecule has 0 unspecified atom stereocenters. The molecule has 0 bridgehead atoms. The summed E-state index contributed by atoms with van der Waals surface area (Å²) in [5.74, 6) is 3.74. The van der Waals surface area contributed by atoms with E-state index < -0.39 is 0 Å². The van der Waals surface area contributed by atoms with Crippen molar-refractivity contribution >= 4 is 11.8 Å². The molecular formula is C25H22N6O3S. The predicted molar refractivity (Wildman–Crippen MR) is 132 cm³/mol. The van der Waals surface area contributed by atoms with Gasteiger partial charge in [-0.05, 0) is 67.6 Å². The molecule has 10 heteroatoms. The zero-order chi connectivity index (χ0) is 24.0. The number of rotatable bonds is 9. The molecule has 0 radical (unpaired) electrons. The molecule has 176 valence electrons. The highest BCUT2D eigenvalue weighted by atomic mass is 32.2. The van der Waals surface area contributed by atoms with Gasteiger partial charge in [-0.15, -0.1) is 10.2 Å². The van der Waals surface area contributed by atoms with E-state index in [0.29, 0.717) is 35.1 Å². The Balaban J connectivity index is 1.41. The quantitative estimate of drug-likeness (QED) is 0.264. The minimum absolute atomic E-state index is 0.439. The molecule has 0 spiro atoms. The van der Waals surface area contributed by atoms with Crippen LogP contribution in [0, 0.1) is 0 Å². The topological polar surface area (TPSA) is 101 Å². The van der Waals surface area contributed by atoms with Gasteiger partial charge in [0.15, 0.2) is 11.0 Å². The second-order valence-electron chi connectivity index (χ2n) is 7.33. The maximum absolute atomic E-state index is 5.59. The van der Waals surface area contributed by atoms with Crippen LogP contribution >= 0.6 is 11.8 Å². The van der Waals surface area contributed by atoms with E-state index in [9.17, 15) is 0 Å². The van der Waals surface area contributed by atoms with E-state index in [4.69, 9.17) is 14.0 Å². The van der Waals surface area contributed by atoms with Crippen LogP contribution in [0.5, 0.6) is 11.5 Å². The SMILES string of the molecule is CCOc1ccc(-n2c(SCc3nc(-c4ccc(OC)cc4)no3)nnc2-c2ccncc2)cc1. The molecule has 0 fully saturated rings. The standard InChI is InChI=1S/C25H22N6O3S/c1-3-33-21-10-6-19(7-11-21)31-24(18-12-14-26-15-13-18)28-29-25(31)35-16-22-27-23(30-34-22)17-4-8-20(32-2)9-5-17/h4-15H,3,16H2,1-2H3. The number of thioether (sulfide) groups is 1. The van der Waals surface area contributed by atoms with Crippen molar-refractivity contribution in [2.75, 3.05) is 13.7 Å². The van der Waals surface area contributed by atoms with Crippen LogP contribution in [0.3, 0.4) is 0 Å². The van der Waals surface area contributed by atoms with Crippen LogP contribution < -0.4 is 9.47 Å². The molecule has 0 amide bonds. The summed E-state index contributed by atoms with van der Waals surface area (Å²) < 4.78 is 18.3. The molecule has 0 aliphatic carbocycles. The number of pyridine rings is 1. The second kappa shape index (κ2) is 10.4. The lowest BCUT2D eigenvalue weighted by Gasteiger charge is -2.11. The Labute approximate surface area is 206 Å². The molecule has 5 rings (SSSR count). The molecule has 3 heterocycles. The molecular weight excluding hydrogens is 464 g/mol. The molecule has 0 N–H and O–H groups in total. The Kier molecular flexibility index (Phi) is 6.71. The van der Waals surface area contributed by atoms with Gasteiger partial charge in [-0.2, -0.15) is 4.98 Å². The first-order valence-corrected chi connectivity index (χ1v) is 11.9. The van der Waals surface area contributed by atoms with Crippen LogP contribution in [-0.2, 0) is 5.75 Å². The van der Waals surface area contributed by atoms with E-state index in [1.807, 2.05) is 72.2 Å². The van der Waals surface area contributed by atoms with Crippen molar-refractivity contribution in [2.45, 2.75) is 17.8 Å². The Morgan fingerprint density at radius 1 is 0.886 bits per heavy atom. The fraction of sp³-hybridized carbons (Fsp3) is 0.160. The summed E-state index contributed by atoms with van der Waals surface area (Å²) in [5, 5.41) is 13.7. The number of benzene rings is 2. The Bertz CT molecular complexity index is 1390. The van der Waals surface area contributed by atoms with Gasteiger partial charge in [0.25, 0.3) is 0 Å². The molecule has 0 atom stereocenters. The molecule has 2 aromatic carbocycles. The lowest BCUT2D eigenvalue weighted by Crippen LogP contribution is -2.00. The third-order valence-electron chi connectivity index (χ3n) is 5.12. The van der Waals surface area contributed by atoms with Gasteiger partial charge in [-0.1, -0.05) is 16.9 Å². The zero-order valence-electron chi connectivity index (χ0n) is 19.2. The highest BCUT2D eigenvalue weighted by Gasteiger charge is 2.18. The number of aromatic nitrogens is 6.